The zero-order valence-corrected chi connectivity index (χ0v) is 34.0. The van der Waals surface area contributed by atoms with Gasteiger partial charge in [-0.2, -0.15) is 11.8 Å². The molecule has 0 amide bonds. The molecule has 0 aromatic rings. The Kier molecular flexibility index (Phi) is 10.3. The summed E-state index contributed by atoms with van der Waals surface area (Å²) >= 11 is 2.54. The minimum absolute atomic E-state index is 0.508. The lowest BCUT2D eigenvalue weighted by atomic mass is 9.64. The van der Waals surface area contributed by atoms with Crippen molar-refractivity contribution in [1.29, 1.82) is 0 Å². The van der Waals surface area contributed by atoms with E-state index in [0.29, 0.717) is 36.4 Å². The molecule has 14 atom stereocenters. The van der Waals surface area contributed by atoms with Crippen LogP contribution >= 0.6 is 11.8 Å². The molecule has 11 fully saturated rings. The molecular formula is C48H77NO2S. The van der Waals surface area contributed by atoms with E-state index in [-0.39, 0.29) is 0 Å². The number of fused-ring (bicyclic) bond motifs is 10. The van der Waals surface area contributed by atoms with Gasteiger partial charge in [-0.05, 0) is 169 Å². The van der Waals surface area contributed by atoms with E-state index >= 15 is 0 Å². The van der Waals surface area contributed by atoms with Gasteiger partial charge in [-0.25, -0.2) is 0 Å². The minimum atomic E-state index is 0.508. The van der Waals surface area contributed by atoms with Crippen LogP contribution in [0.3, 0.4) is 0 Å². The van der Waals surface area contributed by atoms with Crippen molar-refractivity contribution in [1.82, 2.24) is 4.90 Å². The lowest BCUT2D eigenvalue weighted by Gasteiger charge is -2.52. The fraction of sp³-hybridized carbons (Fsp3) is 1.00. The second-order valence-corrected chi connectivity index (χ2v) is 23.0. The topological polar surface area (TPSA) is 21.7 Å². The number of hydrogen-bond acceptors (Lipinski definition) is 4. The summed E-state index contributed by atoms with van der Waals surface area (Å²) in [4.78, 5) is 3.33. The SMILES string of the molecule is C1CCC(C2CCC(N(C3CCC(C4CCCC5C6CCCCC6SC45)CC3)C3CCCC4C5CCC6OC7CCCCC7C6C5OC43)CC2)CC1. The Hall–Kier alpha value is 0.230. The van der Waals surface area contributed by atoms with E-state index in [1.807, 2.05) is 0 Å². The van der Waals surface area contributed by atoms with Gasteiger partial charge in [0, 0.05) is 34.5 Å². The molecule has 0 radical (unpaired) electrons. The van der Waals surface area contributed by atoms with E-state index in [2.05, 4.69) is 16.7 Å². The molecule has 0 aromatic carbocycles. The first kappa shape index (κ1) is 35.4. The lowest BCUT2D eigenvalue weighted by Crippen LogP contribution is -2.58. The summed E-state index contributed by atoms with van der Waals surface area (Å²) in [5.74, 6) is 9.49. The van der Waals surface area contributed by atoms with Crippen LogP contribution in [-0.2, 0) is 9.47 Å². The van der Waals surface area contributed by atoms with Gasteiger partial charge in [0.05, 0.1) is 24.4 Å². The van der Waals surface area contributed by atoms with Gasteiger partial charge in [-0.3, -0.25) is 4.90 Å². The second kappa shape index (κ2) is 15.2. The molecule has 0 aromatic heterocycles. The van der Waals surface area contributed by atoms with Crippen LogP contribution in [0.2, 0.25) is 0 Å². The van der Waals surface area contributed by atoms with Gasteiger partial charge in [0.2, 0.25) is 0 Å². The first-order valence-corrected chi connectivity index (χ1v) is 25.5. The first-order valence-electron chi connectivity index (χ1n) is 24.5. The molecule has 292 valence electrons. The molecule has 11 rings (SSSR count). The van der Waals surface area contributed by atoms with E-state index in [9.17, 15) is 0 Å². The van der Waals surface area contributed by atoms with Crippen LogP contribution in [0.15, 0.2) is 0 Å². The molecule has 11 aliphatic rings. The van der Waals surface area contributed by atoms with Crippen molar-refractivity contribution in [3.05, 3.63) is 0 Å². The van der Waals surface area contributed by atoms with Crippen LogP contribution in [0, 0.1) is 59.2 Å². The monoisotopic (exact) mass is 732 g/mol. The zero-order valence-electron chi connectivity index (χ0n) is 33.1. The fourth-order valence-electron chi connectivity index (χ4n) is 17.4. The van der Waals surface area contributed by atoms with E-state index < -0.39 is 0 Å². The molecule has 0 N–H and O–H groups in total. The molecule has 52 heavy (non-hydrogen) atoms. The number of thioether (sulfide) groups is 1. The molecule has 4 heteroatoms. The zero-order chi connectivity index (χ0) is 34.2. The molecule has 0 spiro atoms. The average molecular weight is 732 g/mol. The first-order chi connectivity index (χ1) is 25.8. The summed E-state index contributed by atoms with van der Waals surface area (Å²) in [6, 6.07) is 2.35. The van der Waals surface area contributed by atoms with Crippen LogP contribution in [0.5, 0.6) is 0 Å². The maximum atomic E-state index is 7.71. The van der Waals surface area contributed by atoms with Crippen molar-refractivity contribution >= 4 is 11.8 Å². The highest BCUT2D eigenvalue weighted by molar-refractivity contribution is 8.00. The molecule has 0 bridgehead atoms. The van der Waals surface area contributed by atoms with E-state index in [1.165, 1.54) is 128 Å². The third-order valence-corrected chi connectivity index (χ3v) is 21.4. The molecule has 3 heterocycles. The van der Waals surface area contributed by atoms with Gasteiger partial charge in [-0.1, -0.05) is 70.6 Å². The predicted molar refractivity (Wildman–Crippen MR) is 214 cm³/mol. The minimum Gasteiger partial charge on any atom is -0.374 e. The van der Waals surface area contributed by atoms with Gasteiger partial charge in [0.15, 0.2) is 0 Å². The highest BCUT2D eigenvalue weighted by Crippen LogP contribution is 2.60. The van der Waals surface area contributed by atoms with Gasteiger partial charge in [0.25, 0.3) is 0 Å². The number of hydrogen-bond donors (Lipinski definition) is 0. The summed E-state index contributed by atoms with van der Waals surface area (Å²) in [5.41, 5.74) is 0. The molecule has 3 nitrogen and oxygen atoms in total. The number of rotatable bonds is 5. The van der Waals surface area contributed by atoms with Gasteiger partial charge >= 0.3 is 0 Å². The summed E-state index contributed by atoms with van der Waals surface area (Å²) in [5, 5.41) is 2.06. The molecule has 3 saturated heterocycles. The van der Waals surface area contributed by atoms with Crippen LogP contribution in [0.1, 0.15) is 186 Å². The Balaban J connectivity index is 0.823. The molecule has 8 saturated carbocycles. The van der Waals surface area contributed by atoms with Crippen molar-refractivity contribution in [2.45, 2.75) is 239 Å². The van der Waals surface area contributed by atoms with Crippen molar-refractivity contribution < 1.29 is 9.47 Å². The average Bonchev–Trinajstić information content (AvgIpc) is 3.90. The van der Waals surface area contributed by atoms with Gasteiger partial charge in [-0.15, -0.1) is 0 Å². The summed E-state index contributed by atoms with van der Waals surface area (Å²) in [6.45, 7) is 0. The van der Waals surface area contributed by atoms with Crippen LogP contribution in [-0.4, -0.2) is 57.9 Å². The maximum Gasteiger partial charge on any atom is 0.0766 e. The lowest BCUT2D eigenvalue weighted by molar-refractivity contribution is -0.104. The Labute approximate surface area is 323 Å². The van der Waals surface area contributed by atoms with Gasteiger partial charge in [0.1, 0.15) is 0 Å². The highest BCUT2D eigenvalue weighted by atomic mass is 32.2. The van der Waals surface area contributed by atoms with E-state index in [4.69, 9.17) is 9.47 Å². The van der Waals surface area contributed by atoms with E-state index in [0.717, 1.165) is 75.8 Å². The summed E-state index contributed by atoms with van der Waals surface area (Å²) in [6.07, 6.45) is 45.3. The van der Waals surface area contributed by atoms with Crippen LogP contribution < -0.4 is 0 Å². The Bertz CT molecular complexity index is 1200. The predicted octanol–water partition coefficient (Wildman–Crippen LogP) is 12.0. The second-order valence-electron chi connectivity index (χ2n) is 21.5. The Morgan fingerprint density at radius 3 is 1.81 bits per heavy atom. The van der Waals surface area contributed by atoms with Gasteiger partial charge < -0.3 is 9.47 Å². The molecule has 8 aliphatic carbocycles. The fourth-order valence-corrected chi connectivity index (χ4v) is 19.7. The van der Waals surface area contributed by atoms with Crippen LogP contribution in [0.25, 0.3) is 0 Å². The largest absolute Gasteiger partial charge is 0.374 e. The quantitative estimate of drug-likeness (QED) is 0.281. The van der Waals surface area contributed by atoms with Crippen molar-refractivity contribution in [2.75, 3.05) is 0 Å². The van der Waals surface area contributed by atoms with Crippen LogP contribution in [0.4, 0.5) is 0 Å². The van der Waals surface area contributed by atoms with Crippen molar-refractivity contribution in [3.63, 3.8) is 0 Å². The highest BCUT2D eigenvalue weighted by Gasteiger charge is 2.61. The van der Waals surface area contributed by atoms with Crippen molar-refractivity contribution in [3.8, 4) is 0 Å². The molecular weight excluding hydrogens is 655 g/mol. The van der Waals surface area contributed by atoms with E-state index in [1.54, 1.807) is 57.8 Å². The van der Waals surface area contributed by atoms with Crippen molar-refractivity contribution in [2.24, 2.45) is 59.2 Å². The number of nitrogens with zero attached hydrogens (tertiary/aromatic N) is 1. The summed E-state index contributed by atoms with van der Waals surface area (Å²) < 4.78 is 14.6. The number of ether oxygens (including phenoxy) is 2. The third-order valence-electron chi connectivity index (χ3n) is 19.5. The standard InChI is InChI=1S/C48H77NO2S/c1-2-10-30(11-3-1)31-20-24-33(25-21-31)49(34-26-22-32(23-27-34)35-14-8-16-39-36-12-5-7-19-44(36)52-48(35)39)41-17-9-15-37-38-28-29-43-45(47(38)51-46(37)41)40-13-4-6-18-42(40)50-43/h30-48H,1-29H2. The Morgan fingerprint density at radius 1 is 0.365 bits per heavy atom. The normalized spacial score (nSPS) is 53.7. The summed E-state index contributed by atoms with van der Waals surface area (Å²) in [7, 11) is 0. The molecule has 3 aliphatic heterocycles. The smallest absolute Gasteiger partial charge is 0.0766 e. The maximum absolute atomic E-state index is 7.71. The Morgan fingerprint density at radius 2 is 0.981 bits per heavy atom. The molecule has 14 unspecified atom stereocenters. The third kappa shape index (κ3) is 6.28.